The van der Waals surface area contributed by atoms with E-state index >= 15 is 0 Å². The molecule has 0 spiro atoms. The summed E-state index contributed by atoms with van der Waals surface area (Å²) in [6, 6.07) is 7.06. The van der Waals surface area contributed by atoms with E-state index in [2.05, 4.69) is 5.10 Å². The van der Waals surface area contributed by atoms with Gasteiger partial charge in [-0.1, -0.05) is 25.0 Å². The molecular formula is C20H25N5O4. The van der Waals surface area contributed by atoms with Crippen LogP contribution in [0.25, 0.3) is 0 Å². The zero-order valence-electron chi connectivity index (χ0n) is 16.6. The number of amides is 2. The molecule has 154 valence electrons. The maximum Gasteiger partial charge on any atom is 0.312 e. The highest BCUT2D eigenvalue weighted by molar-refractivity contribution is 5.96. The minimum atomic E-state index is -0.520. The van der Waals surface area contributed by atoms with Gasteiger partial charge in [0.05, 0.1) is 18.0 Å². The van der Waals surface area contributed by atoms with Crippen molar-refractivity contribution in [2.75, 3.05) is 6.54 Å². The Balaban J connectivity index is 1.77. The van der Waals surface area contributed by atoms with E-state index in [4.69, 9.17) is 5.73 Å². The standard InChI is InChI=1S/C20H25N5O4/c1-13-19(25(28)29)14(2)24(22-13)11-15-7-9-16(10-8-15)20(27)23(12-18(21)26)17-5-3-4-6-17/h7-10,17H,3-6,11-12H2,1-2H3,(H2,21,26). The summed E-state index contributed by atoms with van der Waals surface area (Å²) in [6.07, 6.45) is 3.85. The molecule has 9 nitrogen and oxygen atoms in total. The maximum absolute atomic E-state index is 12.9. The summed E-state index contributed by atoms with van der Waals surface area (Å²) in [7, 11) is 0. The fourth-order valence-corrected chi connectivity index (χ4v) is 3.95. The summed E-state index contributed by atoms with van der Waals surface area (Å²) in [6.45, 7) is 3.56. The second-order valence-corrected chi connectivity index (χ2v) is 7.47. The van der Waals surface area contributed by atoms with Gasteiger partial charge in [-0.15, -0.1) is 0 Å². The number of carbonyl (C=O) groups excluding carboxylic acids is 2. The predicted octanol–water partition coefficient (Wildman–Crippen LogP) is 2.33. The second kappa shape index (κ2) is 8.42. The number of nitro groups is 1. The zero-order valence-corrected chi connectivity index (χ0v) is 16.6. The molecule has 0 bridgehead atoms. The monoisotopic (exact) mass is 399 g/mol. The van der Waals surface area contributed by atoms with E-state index in [1.54, 1.807) is 47.7 Å². The van der Waals surface area contributed by atoms with Gasteiger partial charge in [0, 0.05) is 11.6 Å². The number of aromatic nitrogens is 2. The molecule has 9 heteroatoms. The first kappa shape index (κ1) is 20.5. The molecule has 2 N–H and O–H groups in total. The summed E-state index contributed by atoms with van der Waals surface area (Å²) in [5.41, 5.74) is 7.58. The van der Waals surface area contributed by atoms with Gasteiger partial charge in [-0.05, 0) is 44.4 Å². The molecule has 1 aliphatic carbocycles. The predicted molar refractivity (Wildman–Crippen MR) is 106 cm³/mol. The van der Waals surface area contributed by atoms with E-state index in [0.29, 0.717) is 23.5 Å². The summed E-state index contributed by atoms with van der Waals surface area (Å²) in [5, 5.41) is 15.4. The van der Waals surface area contributed by atoms with Crippen LogP contribution in [0.5, 0.6) is 0 Å². The number of aryl methyl sites for hydroxylation is 1. The number of nitrogens with zero attached hydrogens (tertiary/aromatic N) is 4. The highest BCUT2D eigenvalue weighted by atomic mass is 16.6. The first-order chi connectivity index (χ1) is 13.8. The van der Waals surface area contributed by atoms with Crippen LogP contribution >= 0.6 is 0 Å². The van der Waals surface area contributed by atoms with Crippen molar-refractivity contribution in [1.82, 2.24) is 14.7 Å². The van der Waals surface area contributed by atoms with Crippen molar-refractivity contribution >= 4 is 17.5 Å². The lowest BCUT2D eigenvalue weighted by Crippen LogP contribution is -2.44. The van der Waals surface area contributed by atoms with Crippen molar-refractivity contribution in [1.29, 1.82) is 0 Å². The molecule has 2 amide bonds. The number of primary amides is 1. The van der Waals surface area contributed by atoms with Crippen LogP contribution in [-0.4, -0.2) is 44.0 Å². The van der Waals surface area contributed by atoms with Crippen LogP contribution in [0.2, 0.25) is 0 Å². The van der Waals surface area contributed by atoms with Crippen LogP contribution in [-0.2, 0) is 11.3 Å². The minimum absolute atomic E-state index is 0.0236. The lowest BCUT2D eigenvalue weighted by molar-refractivity contribution is -0.386. The molecule has 0 aliphatic heterocycles. The Morgan fingerprint density at radius 2 is 1.86 bits per heavy atom. The van der Waals surface area contributed by atoms with Gasteiger partial charge >= 0.3 is 5.69 Å². The lowest BCUT2D eigenvalue weighted by atomic mass is 10.1. The second-order valence-electron chi connectivity index (χ2n) is 7.47. The van der Waals surface area contributed by atoms with Gasteiger partial charge in [0.15, 0.2) is 0 Å². The molecule has 29 heavy (non-hydrogen) atoms. The average molecular weight is 399 g/mol. The molecule has 1 aromatic heterocycles. The van der Waals surface area contributed by atoms with Crippen molar-refractivity contribution in [2.24, 2.45) is 5.73 Å². The van der Waals surface area contributed by atoms with E-state index in [9.17, 15) is 19.7 Å². The Morgan fingerprint density at radius 3 is 2.38 bits per heavy atom. The Kier molecular flexibility index (Phi) is 5.95. The SMILES string of the molecule is Cc1nn(Cc2ccc(C(=O)N(CC(N)=O)C3CCCC3)cc2)c(C)c1[N+](=O)[O-]. The average Bonchev–Trinajstić information content (AvgIpc) is 3.28. The van der Waals surface area contributed by atoms with E-state index in [0.717, 1.165) is 31.2 Å². The molecule has 1 aliphatic rings. The van der Waals surface area contributed by atoms with Gasteiger partial charge in [-0.3, -0.25) is 24.4 Å². The molecule has 2 aromatic rings. The van der Waals surface area contributed by atoms with Crippen molar-refractivity contribution in [3.05, 3.63) is 56.9 Å². The topological polar surface area (TPSA) is 124 Å². The van der Waals surface area contributed by atoms with Gasteiger partial charge in [0.25, 0.3) is 5.91 Å². The van der Waals surface area contributed by atoms with Crippen molar-refractivity contribution < 1.29 is 14.5 Å². The van der Waals surface area contributed by atoms with Gasteiger partial charge in [-0.2, -0.15) is 5.10 Å². The molecule has 0 radical (unpaired) electrons. The fraction of sp³-hybridized carbons (Fsp3) is 0.450. The number of hydrogen-bond acceptors (Lipinski definition) is 5. The third-order valence-corrected chi connectivity index (χ3v) is 5.41. The highest BCUT2D eigenvalue weighted by Gasteiger charge is 2.28. The van der Waals surface area contributed by atoms with Gasteiger partial charge in [0.2, 0.25) is 5.91 Å². The summed E-state index contributed by atoms with van der Waals surface area (Å²) < 4.78 is 1.59. The molecular weight excluding hydrogens is 374 g/mol. The fourth-order valence-electron chi connectivity index (χ4n) is 3.95. The van der Waals surface area contributed by atoms with Crippen LogP contribution in [0.4, 0.5) is 5.69 Å². The number of hydrogen-bond donors (Lipinski definition) is 1. The zero-order chi connectivity index (χ0) is 21.1. The summed E-state index contributed by atoms with van der Waals surface area (Å²) in [5.74, 6) is -0.725. The van der Waals surface area contributed by atoms with E-state index in [-0.39, 0.29) is 24.2 Å². The van der Waals surface area contributed by atoms with Crippen LogP contribution in [0.15, 0.2) is 24.3 Å². The summed E-state index contributed by atoms with van der Waals surface area (Å²) >= 11 is 0. The Morgan fingerprint density at radius 1 is 1.24 bits per heavy atom. The van der Waals surface area contributed by atoms with Crippen molar-refractivity contribution in [3.63, 3.8) is 0 Å². The molecule has 0 atom stereocenters. The van der Waals surface area contributed by atoms with Crippen LogP contribution in [0.3, 0.4) is 0 Å². The Bertz CT molecular complexity index is 929. The molecule has 1 aromatic carbocycles. The van der Waals surface area contributed by atoms with E-state index < -0.39 is 10.8 Å². The normalized spacial score (nSPS) is 14.1. The molecule has 3 rings (SSSR count). The van der Waals surface area contributed by atoms with E-state index in [1.807, 2.05) is 0 Å². The van der Waals surface area contributed by atoms with Gasteiger partial charge in [0.1, 0.15) is 11.4 Å². The first-order valence-electron chi connectivity index (χ1n) is 9.64. The number of benzene rings is 1. The largest absolute Gasteiger partial charge is 0.368 e. The number of carbonyl (C=O) groups is 2. The molecule has 0 unspecified atom stereocenters. The maximum atomic E-state index is 12.9. The summed E-state index contributed by atoms with van der Waals surface area (Å²) in [4.78, 5) is 36.7. The van der Waals surface area contributed by atoms with Crippen LogP contribution in [0, 0.1) is 24.0 Å². The number of rotatable bonds is 7. The molecule has 1 heterocycles. The Hall–Kier alpha value is -3.23. The quantitative estimate of drug-likeness (QED) is 0.565. The molecule has 1 fully saturated rings. The molecule has 1 saturated carbocycles. The molecule has 0 saturated heterocycles. The Labute approximate surface area is 168 Å². The van der Waals surface area contributed by atoms with Crippen molar-refractivity contribution in [3.8, 4) is 0 Å². The lowest BCUT2D eigenvalue weighted by Gasteiger charge is -2.28. The van der Waals surface area contributed by atoms with Crippen molar-refractivity contribution in [2.45, 2.75) is 52.1 Å². The number of nitrogens with two attached hydrogens (primary N) is 1. The minimum Gasteiger partial charge on any atom is -0.368 e. The first-order valence-corrected chi connectivity index (χ1v) is 9.64. The smallest absolute Gasteiger partial charge is 0.312 e. The van der Waals surface area contributed by atoms with Gasteiger partial charge in [-0.25, -0.2) is 0 Å². The van der Waals surface area contributed by atoms with E-state index in [1.165, 1.54) is 0 Å². The van der Waals surface area contributed by atoms with Crippen LogP contribution in [0.1, 0.15) is 53.0 Å². The third-order valence-electron chi connectivity index (χ3n) is 5.41. The van der Waals surface area contributed by atoms with Crippen LogP contribution < -0.4 is 5.73 Å². The third kappa shape index (κ3) is 4.44. The highest BCUT2D eigenvalue weighted by Crippen LogP contribution is 2.25. The van der Waals surface area contributed by atoms with Gasteiger partial charge < -0.3 is 10.6 Å².